The lowest BCUT2D eigenvalue weighted by molar-refractivity contribution is 0.0959. The van der Waals surface area contributed by atoms with Crippen LogP contribution in [0.4, 0.5) is 5.13 Å². The molecular weight excluding hydrogens is 392 g/mol. The second-order valence-electron chi connectivity index (χ2n) is 8.98. The van der Waals surface area contributed by atoms with Crippen LogP contribution in [0.15, 0.2) is 36.7 Å². The minimum absolute atomic E-state index is 0.235. The number of para-hydroxylation sites is 1. The Morgan fingerprint density at radius 3 is 2.73 bits per heavy atom. The van der Waals surface area contributed by atoms with Crippen LogP contribution in [0.5, 0.6) is 0 Å². The fourth-order valence-corrected chi connectivity index (χ4v) is 5.33. The SMILES string of the molecule is CC(C)CC(CC(=O)c1cnc(N2CCN(C)CC2)s1)Cc1c[nH]c2ccccc12. The number of likely N-dealkylation sites (N-methyl/N-ethyl adjacent to an activating group) is 1. The van der Waals surface area contributed by atoms with Gasteiger partial charge in [-0.25, -0.2) is 4.98 Å². The summed E-state index contributed by atoms with van der Waals surface area (Å²) in [5.41, 5.74) is 2.48. The van der Waals surface area contributed by atoms with Crippen molar-refractivity contribution in [2.24, 2.45) is 11.8 Å². The van der Waals surface area contributed by atoms with E-state index in [0.717, 1.165) is 49.0 Å². The highest BCUT2D eigenvalue weighted by Gasteiger charge is 2.22. The Kier molecular flexibility index (Phi) is 6.54. The van der Waals surface area contributed by atoms with Gasteiger partial charge in [0.2, 0.25) is 0 Å². The predicted octanol–water partition coefficient (Wildman–Crippen LogP) is 4.85. The molecule has 1 saturated heterocycles. The second-order valence-corrected chi connectivity index (χ2v) is 9.99. The van der Waals surface area contributed by atoms with Crippen LogP contribution in [0.2, 0.25) is 0 Å². The molecule has 3 heterocycles. The van der Waals surface area contributed by atoms with E-state index < -0.39 is 0 Å². The lowest BCUT2D eigenvalue weighted by Crippen LogP contribution is -2.44. The third kappa shape index (κ3) is 4.93. The maximum atomic E-state index is 13.1. The number of ketones is 1. The van der Waals surface area contributed by atoms with Crippen LogP contribution in [0, 0.1) is 11.8 Å². The number of aromatic amines is 1. The lowest BCUT2D eigenvalue weighted by Gasteiger charge is -2.32. The lowest BCUT2D eigenvalue weighted by atomic mass is 9.87. The van der Waals surface area contributed by atoms with E-state index in [1.807, 2.05) is 0 Å². The molecule has 0 spiro atoms. The first-order valence-electron chi connectivity index (χ1n) is 11.0. The number of Topliss-reactive ketones (excluding diaryl/α,β-unsaturated/α-hetero) is 1. The molecule has 4 rings (SSSR count). The summed E-state index contributed by atoms with van der Waals surface area (Å²) < 4.78 is 0. The number of H-pyrrole nitrogens is 1. The fourth-order valence-electron chi connectivity index (χ4n) is 4.42. The van der Waals surface area contributed by atoms with Crippen molar-refractivity contribution in [3.63, 3.8) is 0 Å². The molecule has 1 aliphatic rings. The molecule has 1 fully saturated rings. The van der Waals surface area contributed by atoms with Gasteiger partial charge in [0.15, 0.2) is 10.9 Å². The Morgan fingerprint density at radius 2 is 1.97 bits per heavy atom. The first-order valence-corrected chi connectivity index (χ1v) is 11.8. The zero-order chi connectivity index (χ0) is 21.1. The minimum Gasteiger partial charge on any atom is -0.361 e. The Labute approximate surface area is 183 Å². The number of nitrogens with zero attached hydrogens (tertiary/aromatic N) is 3. The number of thiazole rings is 1. The molecule has 3 aromatic rings. The summed E-state index contributed by atoms with van der Waals surface area (Å²) in [5.74, 6) is 1.14. The maximum absolute atomic E-state index is 13.1. The van der Waals surface area contributed by atoms with Gasteiger partial charge in [-0.05, 0) is 43.4 Å². The minimum atomic E-state index is 0.235. The number of benzene rings is 1. The number of nitrogens with one attached hydrogen (secondary N) is 1. The van der Waals surface area contributed by atoms with Crippen LogP contribution in [-0.4, -0.2) is 53.9 Å². The molecule has 0 amide bonds. The van der Waals surface area contributed by atoms with Gasteiger partial charge in [-0.15, -0.1) is 0 Å². The molecule has 1 aliphatic heterocycles. The van der Waals surface area contributed by atoms with Gasteiger partial charge in [0.1, 0.15) is 0 Å². The molecule has 30 heavy (non-hydrogen) atoms. The zero-order valence-electron chi connectivity index (χ0n) is 18.2. The van der Waals surface area contributed by atoms with E-state index in [9.17, 15) is 4.79 Å². The van der Waals surface area contributed by atoms with Crippen LogP contribution in [-0.2, 0) is 6.42 Å². The Morgan fingerprint density at radius 1 is 1.20 bits per heavy atom. The van der Waals surface area contributed by atoms with Crippen LogP contribution in [0.3, 0.4) is 0 Å². The largest absolute Gasteiger partial charge is 0.361 e. The first kappa shape index (κ1) is 21.1. The van der Waals surface area contributed by atoms with E-state index in [4.69, 9.17) is 0 Å². The second kappa shape index (κ2) is 9.31. The maximum Gasteiger partial charge on any atom is 0.186 e. The molecule has 0 aliphatic carbocycles. The standard InChI is InChI=1S/C24H32N4OS/c1-17(2)12-18(13-19-15-25-21-7-5-4-6-20(19)21)14-22(29)23-16-26-24(30-23)28-10-8-27(3)9-11-28/h4-7,15-18,25H,8-14H2,1-3H3. The quantitative estimate of drug-likeness (QED) is 0.525. The highest BCUT2D eigenvalue weighted by Crippen LogP contribution is 2.29. The van der Waals surface area contributed by atoms with E-state index in [2.05, 4.69) is 71.1 Å². The number of hydrogen-bond acceptors (Lipinski definition) is 5. The van der Waals surface area contributed by atoms with Crippen molar-refractivity contribution in [1.82, 2.24) is 14.9 Å². The summed E-state index contributed by atoms with van der Waals surface area (Å²) in [5, 5.41) is 2.26. The summed E-state index contributed by atoms with van der Waals surface area (Å²) in [6.07, 6.45) is 6.47. The van der Waals surface area contributed by atoms with E-state index in [1.165, 1.54) is 16.5 Å². The molecule has 1 N–H and O–H groups in total. The van der Waals surface area contributed by atoms with Crippen molar-refractivity contribution in [2.75, 3.05) is 38.1 Å². The monoisotopic (exact) mass is 424 g/mol. The van der Waals surface area contributed by atoms with Gasteiger partial charge < -0.3 is 14.8 Å². The van der Waals surface area contributed by atoms with Gasteiger partial charge in [-0.2, -0.15) is 0 Å². The summed E-state index contributed by atoms with van der Waals surface area (Å²) >= 11 is 1.56. The molecule has 5 nitrogen and oxygen atoms in total. The van der Waals surface area contributed by atoms with E-state index in [-0.39, 0.29) is 5.78 Å². The van der Waals surface area contributed by atoms with Crippen LogP contribution in [0.1, 0.15) is 41.9 Å². The summed E-state index contributed by atoms with van der Waals surface area (Å²) in [4.78, 5) is 26.5. The molecule has 1 unspecified atom stereocenters. The Bertz CT molecular complexity index is 984. The fraction of sp³-hybridized carbons (Fsp3) is 0.500. The Hall–Kier alpha value is -2.18. The highest BCUT2D eigenvalue weighted by molar-refractivity contribution is 7.17. The van der Waals surface area contributed by atoms with Crippen molar-refractivity contribution in [2.45, 2.75) is 33.1 Å². The summed E-state index contributed by atoms with van der Waals surface area (Å²) in [6, 6.07) is 8.42. The molecule has 6 heteroatoms. The molecule has 0 bridgehead atoms. The average molecular weight is 425 g/mol. The summed E-state index contributed by atoms with van der Waals surface area (Å²) in [6.45, 7) is 8.53. The topological polar surface area (TPSA) is 52.2 Å². The number of carbonyl (C=O) groups excluding carboxylic acids is 1. The van der Waals surface area contributed by atoms with Crippen LogP contribution < -0.4 is 4.90 Å². The predicted molar refractivity (Wildman–Crippen MR) is 126 cm³/mol. The number of carbonyl (C=O) groups is 1. The van der Waals surface area contributed by atoms with Crippen molar-refractivity contribution in [3.8, 4) is 0 Å². The molecule has 1 atom stereocenters. The average Bonchev–Trinajstić information content (AvgIpc) is 3.36. The number of rotatable bonds is 8. The van der Waals surface area contributed by atoms with Crippen molar-refractivity contribution < 1.29 is 4.79 Å². The third-order valence-electron chi connectivity index (χ3n) is 6.00. The molecular formula is C24H32N4OS. The van der Waals surface area contributed by atoms with Gasteiger partial charge in [-0.1, -0.05) is 43.4 Å². The Balaban J connectivity index is 1.44. The van der Waals surface area contributed by atoms with Crippen molar-refractivity contribution in [1.29, 1.82) is 0 Å². The number of fused-ring (bicyclic) bond motifs is 1. The van der Waals surface area contributed by atoms with Gasteiger partial charge in [0.05, 0.1) is 11.1 Å². The molecule has 2 aromatic heterocycles. The third-order valence-corrected chi connectivity index (χ3v) is 7.10. The number of hydrogen-bond donors (Lipinski definition) is 1. The van der Waals surface area contributed by atoms with E-state index in [1.54, 1.807) is 17.5 Å². The van der Waals surface area contributed by atoms with E-state index >= 15 is 0 Å². The first-order chi connectivity index (χ1) is 14.5. The zero-order valence-corrected chi connectivity index (χ0v) is 19.0. The van der Waals surface area contributed by atoms with Crippen LogP contribution in [0.25, 0.3) is 10.9 Å². The van der Waals surface area contributed by atoms with Crippen molar-refractivity contribution >= 4 is 33.2 Å². The van der Waals surface area contributed by atoms with Crippen molar-refractivity contribution in [3.05, 3.63) is 47.1 Å². The van der Waals surface area contributed by atoms with Gasteiger partial charge >= 0.3 is 0 Å². The highest BCUT2D eigenvalue weighted by atomic mass is 32.1. The van der Waals surface area contributed by atoms with Gasteiger partial charge in [-0.3, -0.25) is 4.79 Å². The van der Waals surface area contributed by atoms with E-state index in [0.29, 0.717) is 18.3 Å². The number of piperazine rings is 1. The van der Waals surface area contributed by atoms with Gasteiger partial charge in [0.25, 0.3) is 0 Å². The molecule has 0 radical (unpaired) electrons. The molecule has 0 saturated carbocycles. The number of aromatic nitrogens is 2. The normalized spacial score (nSPS) is 16.5. The molecule has 160 valence electrons. The number of anilines is 1. The summed E-state index contributed by atoms with van der Waals surface area (Å²) in [7, 11) is 2.15. The molecule has 1 aromatic carbocycles. The smallest absolute Gasteiger partial charge is 0.186 e. The van der Waals surface area contributed by atoms with Crippen LogP contribution >= 0.6 is 11.3 Å². The van der Waals surface area contributed by atoms with Gasteiger partial charge in [0, 0.05) is 49.7 Å².